The second-order valence-electron chi connectivity index (χ2n) is 7.62. The highest BCUT2D eigenvalue weighted by Crippen LogP contribution is 2.20. The molecule has 0 aliphatic heterocycles. The number of carbonyl (C=O) groups is 3. The maximum absolute atomic E-state index is 12.6. The van der Waals surface area contributed by atoms with Gasteiger partial charge in [0.1, 0.15) is 10.3 Å². The van der Waals surface area contributed by atoms with E-state index in [1.165, 1.54) is 30.3 Å². The van der Waals surface area contributed by atoms with Crippen LogP contribution in [0.1, 0.15) is 34.6 Å². The summed E-state index contributed by atoms with van der Waals surface area (Å²) in [5.41, 5.74) is 5.55. The summed E-state index contributed by atoms with van der Waals surface area (Å²) in [6, 6.07) is 16.5. The van der Waals surface area contributed by atoms with Gasteiger partial charge in [-0.3, -0.25) is 30.0 Å². The number of thiophene rings is 1. The van der Waals surface area contributed by atoms with E-state index in [2.05, 4.69) is 20.9 Å². The third-order valence-electron chi connectivity index (χ3n) is 4.73. The van der Waals surface area contributed by atoms with Crippen LogP contribution in [0.2, 0.25) is 0 Å². The molecule has 0 aliphatic rings. The number of hydrogen-bond acceptors (Lipinski definition) is 6. The Bertz CT molecular complexity index is 1240. The van der Waals surface area contributed by atoms with Gasteiger partial charge in [0, 0.05) is 16.8 Å². The molecule has 3 amide bonds. The molecule has 11 heteroatoms. The van der Waals surface area contributed by atoms with E-state index in [0.29, 0.717) is 5.56 Å². The Hall–Kier alpha value is -3.70. The normalized spacial score (nSPS) is 12.0. The molecule has 0 spiro atoms. The quantitative estimate of drug-likeness (QED) is 0.353. The monoisotopic (exact) mass is 500 g/mol. The summed E-state index contributed by atoms with van der Waals surface area (Å²) in [6.07, 6.45) is 0. The molecule has 0 saturated heterocycles. The summed E-state index contributed by atoms with van der Waals surface area (Å²) in [5, 5.41) is 4.33. The maximum atomic E-state index is 12.6. The van der Waals surface area contributed by atoms with Crippen molar-refractivity contribution in [2.75, 3.05) is 4.72 Å². The van der Waals surface area contributed by atoms with E-state index < -0.39 is 33.8 Å². The number of hydrazine groups is 1. The van der Waals surface area contributed by atoms with E-state index >= 15 is 0 Å². The topological polar surface area (TPSA) is 133 Å². The molecule has 1 atom stereocenters. The summed E-state index contributed by atoms with van der Waals surface area (Å²) in [6.45, 7) is 3.54. The van der Waals surface area contributed by atoms with Gasteiger partial charge >= 0.3 is 0 Å². The highest BCUT2D eigenvalue weighted by Gasteiger charge is 2.25. The average molecular weight is 501 g/mol. The first-order chi connectivity index (χ1) is 16.2. The van der Waals surface area contributed by atoms with Gasteiger partial charge in [-0.1, -0.05) is 38.1 Å². The Balaban J connectivity index is 1.57. The van der Waals surface area contributed by atoms with Gasteiger partial charge in [0.05, 0.1) is 0 Å². The zero-order valence-electron chi connectivity index (χ0n) is 18.4. The molecule has 0 saturated carbocycles. The van der Waals surface area contributed by atoms with Crippen LogP contribution in [0.15, 0.2) is 76.3 Å². The first-order valence-electron chi connectivity index (χ1n) is 10.3. The van der Waals surface area contributed by atoms with Crippen molar-refractivity contribution in [1.29, 1.82) is 0 Å². The van der Waals surface area contributed by atoms with Crippen LogP contribution >= 0.6 is 11.3 Å². The Morgan fingerprint density at radius 3 is 2.03 bits per heavy atom. The smallest absolute Gasteiger partial charge is 0.271 e. The number of carbonyl (C=O) groups excluding carboxylic acids is 3. The minimum atomic E-state index is -3.70. The number of hydrogen-bond donors (Lipinski definition) is 4. The van der Waals surface area contributed by atoms with Crippen LogP contribution in [0.25, 0.3) is 0 Å². The van der Waals surface area contributed by atoms with Crippen molar-refractivity contribution in [3.63, 3.8) is 0 Å². The molecule has 1 heterocycles. The predicted octanol–water partition coefficient (Wildman–Crippen LogP) is 2.76. The lowest BCUT2D eigenvalue weighted by Gasteiger charge is -2.22. The zero-order valence-corrected chi connectivity index (χ0v) is 20.1. The van der Waals surface area contributed by atoms with Crippen LogP contribution in [-0.4, -0.2) is 32.2 Å². The second kappa shape index (κ2) is 10.9. The largest absolute Gasteiger partial charge is 0.340 e. The first kappa shape index (κ1) is 24.9. The standard InChI is InChI=1S/C23H24N4O5S2/c1-15(2)20(24-21(28)16-7-4-3-5-8-16)23(30)26-25-22(29)17-10-12-18(13-11-17)27-34(31,32)19-9-6-14-33-19/h3-15,20,27H,1-2H3,(H,24,28)(H,25,29)(H,26,30). The number of amides is 3. The van der Waals surface area contributed by atoms with Crippen molar-refractivity contribution in [2.24, 2.45) is 5.92 Å². The third-order valence-corrected chi connectivity index (χ3v) is 7.51. The van der Waals surface area contributed by atoms with Crippen LogP contribution in [0.5, 0.6) is 0 Å². The molecule has 34 heavy (non-hydrogen) atoms. The van der Waals surface area contributed by atoms with E-state index in [1.54, 1.807) is 55.6 Å². The van der Waals surface area contributed by atoms with Crippen LogP contribution in [0.3, 0.4) is 0 Å². The number of benzene rings is 2. The van der Waals surface area contributed by atoms with Crippen molar-refractivity contribution >= 4 is 44.8 Å². The van der Waals surface area contributed by atoms with E-state index in [9.17, 15) is 22.8 Å². The van der Waals surface area contributed by atoms with Crippen molar-refractivity contribution in [3.8, 4) is 0 Å². The minimum absolute atomic E-state index is 0.177. The van der Waals surface area contributed by atoms with Gasteiger partial charge in [-0.2, -0.15) is 0 Å². The van der Waals surface area contributed by atoms with Gasteiger partial charge in [0.2, 0.25) is 0 Å². The van der Waals surface area contributed by atoms with Gasteiger partial charge in [-0.05, 0) is 53.8 Å². The minimum Gasteiger partial charge on any atom is -0.340 e. The Morgan fingerprint density at radius 2 is 1.44 bits per heavy atom. The molecule has 0 aliphatic carbocycles. The molecular formula is C23H24N4O5S2. The number of rotatable bonds is 8. The van der Waals surface area contributed by atoms with E-state index in [1.807, 2.05) is 0 Å². The fourth-order valence-corrected chi connectivity index (χ4v) is 4.98. The summed E-state index contributed by atoms with van der Waals surface area (Å²) in [7, 11) is -3.70. The Labute approximate surface area is 201 Å². The molecule has 4 N–H and O–H groups in total. The molecule has 0 fully saturated rings. The lowest BCUT2D eigenvalue weighted by molar-refractivity contribution is -0.124. The highest BCUT2D eigenvalue weighted by atomic mass is 32.2. The number of nitrogens with one attached hydrogen (secondary N) is 4. The summed E-state index contributed by atoms with van der Waals surface area (Å²) in [5.74, 6) is -1.81. The highest BCUT2D eigenvalue weighted by molar-refractivity contribution is 7.94. The molecule has 1 aromatic heterocycles. The second-order valence-corrected chi connectivity index (χ2v) is 10.5. The van der Waals surface area contributed by atoms with Gasteiger partial charge in [-0.15, -0.1) is 11.3 Å². The lowest BCUT2D eigenvalue weighted by Crippen LogP contribution is -2.54. The predicted molar refractivity (Wildman–Crippen MR) is 130 cm³/mol. The molecule has 0 radical (unpaired) electrons. The molecule has 0 bridgehead atoms. The van der Waals surface area contributed by atoms with Crippen molar-refractivity contribution < 1.29 is 22.8 Å². The van der Waals surface area contributed by atoms with Crippen LogP contribution < -0.4 is 20.9 Å². The summed E-state index contributed by atoms with van der Waals surface area (Å²) >= 11 is 1.09. The number of sulfonamides is 1. The maximum Gasteiger partial charge on any atom is 0.271 e. The average Bonchev–Trinajstić information content (AvgIpc) is 3.37. The summed E-state index contributed by atoms with van der Waals surface area (Å²) in [4.78, 5) is 37.4. The Morgan fingerprint density at radius 1 is 0.794 bits per heavy atom. The van der Waals surface area contributed by atoms with Gasteiger partial charge < -0.3 is 5.32 Å². The van der Waals surface area contributed by atoms with Gasteiger partial charge in [-0.25, -0.2) is 8.42 Å². The molecule has 3 aromatic rings. The zero-order chi connectivity index (χ0) is 24.7. The molecule has 178 valence electrons. The van der Waals surface area contributed by atoms with Gasteiger partial charge in [0.15, 0.2) is 0 Å². The molecule has 1 unspecified atom stereocenters. The first-order valence-corrected chi connectivity index (χ1v) is 12.7. The molecule has 3 rings (SSSR count). The van der Waals surface area contributed by atoms with Crippen LogP contribution in [-0.2, 0) is 14.8 Å². The van der Waals surface area contributed by atoms with Crippen LogP contribution in [0, 0.1) is 5.92 Å². The van der Waals surface area contributed by atoms with Crippen molar-refractivity contribution in [1.82, 2.24) is 16.2 Å². The SMILES string of the molecule is CC(C)C(NC(=O)c1ccccc1)C(=O)NNC(=O)c1ccc(NS(=O)(=O)c2cccs2)cc1. The van der Waals surface area contributed by atoms with E-state index in [-0.39, 0.29) is 21.4 Å². The molecular weight excluding hydrogens is 476 g/mol. The van der Waals surface area contributed by atoms with Crippen molar-refractivity contribution in [3.05, 3.63) is 83.2 Å². The van der Waals surface area contributed by atoms with E-state index in [4.69, 9.17) is 0 Å². The number of anilines is 1. The molecule has 2 aromatic carbocycles. The van der Waals surface area contributed by atoms with Crippen LogP contribution in [0.4, 0.5) is 5.69 Å². The lowest BCUT2D eigenvalue weighted by atomic mass is 10.0. The van der Waals surface area contributed by atoms with Crippen molar-refractivity contribution in [2.45, 2.75) is 24.1 Å². The van der Waals surface area contributed by atoms with Gasteiger partial charge in [0.25, 0.3) is 27.7 Å². The fraction of sp³-hybridized carbons (Fsp3) is 0.174. The molecule has 9 nitrogen and oxygen atoms in total. The third kappa shape index (κ3) is 6.42. The Kier molecular flexibility index (Phi) is 8.03. The fourth-order valence-electron chi connectivity index (χ4n) is 2.93. The summed E-state index contributed by atoms with van der Waals surface area (Å²) < 4.78 is 27.2. The van der Waals surface area contributed by atoms with E-state index in [0.717, 1.165) is 11.3 Å².